The van der Waals surface area contributed by atoms with Crippen LogP contribution in [-0.2, 0) is 0 Å². The first-order valence-corrected chi connectivity index (χ1v) is 9.39. The van der Waals surface area contributed by atoms with Gasteiger partial charge in [0.15, 0.2) is 16.0 Å². The van der Waals surface area contributed by atoms with Crippen molar-refractivity contribution >= 4 is 49.9 Å². The Morgan fingerprint density at radius 2 is 2.12 bits per heavy atom. The van der Waals surface area contributed by atoms with Crippen LogP contribution in [0.2, 0.25) is 0 Å². The topological polar surface area (TPSA) is 59.3 Å². The summed E-state index contributed by atoms with van der Waals surface area (Å²) in [7, 11) is 0. The molecule has 1 amide bonds. The zero-order valence-corrected chi connectivity index (χ0v) is 14.7. The van der Waals surface area contributed by atoms with Crippen LogP contribution in [0.3, 0.4) is 0 Å². The fourth-order valence-electron chi connectivity index (χ4n) is 2.56. The van der Waals surface area contributed by atoms with Gasteiger partial charge in [-0.2, -0.15) is 0 Å². The number of imidazole rings is 1. The Balaban J connectivity index is 1.70. The van der Waals surface area contributed by atoms with Gasteiger partial charge in [-0.25, -0.2) is 9.97 Å². The minimum absolute atomic E-state index is 0.241. The van der Waals surface area contributed by atoms with Gasteiger partial charge in [-0.05, 0) is 43.0 Å². The van der Waals surface area contributed by atoms with Gasteiger partial charge in [0.25, 0.3) is 5.91 Å². The van der Waals surface area contributed by atoms with Crippen LogP contribution in [0.5, 0.6) is 0 Å². The molecule has 0 radical (unpaired) electrons. The first-order valence-electron chi connectivity index (χ1n) is 7.35. The lowest BCUT2D eigenvalue weighted by Crippen LogP contribution is -2.12. The minimum atomic E-state index is -0.241. The van der Waals surface area contributed by atoms with Crippen LogP contribution >= 0.6 is 23.1 Å². The number of carbonyl (C=O) groups excluding carboxylic acids is 1. The quantitative estimate of drug-likeness (QED) is 0.560. The third kappa shape index (κ3) is 2.55. The number of hydrogen-bond acceptors (Lipinski definition) is 5. The molecule has 4 rings (SSSR count). The predicted octanol–water partition coefficient (Wildman–Crippen LogP) is 4.23. The molecule has 0 bridgehead atoms. The molecule has 0 unspecified atom stereocenters. The number of amides is 1. The van der Waals surface area contributed by atoms with Gasteiger partial charge in [-0.15, -0.1) is 0 Å². The Hall–Kier alpha value is -2.38. The summed E-state index contributed by atoms with van der Waals surface area (Å²) in [6.07, 6.45) is 3.85. The van der Waals surface area contributed by atoms with E-state index in [2.05, 4.69) is 21.4 Å². The molecular formula is C17H14N4OS2. The zero-order valence-electron chi connectivity index (χ0n) is 13.1. The van der Waals surface area contributed by atoms with Crippen LogP contribution in [0.4, 0.5) is 5.13 Å². The molecule has 0 aliphatic carbocycles. The second-order valence-electron chi connectivity index (χ2n) is 5.35. The number of aryl methyl sites for hydroxylation is 1. The van der Waals surface area contributed by atoms with Gasteiger partial charge in [0.2, 0.25) is 0 Å². The van der Waals surface area contributed by atoms with E-state index in [4.69, 9.17) is 0 Å². The molecule has 0 aliphatic heterocycles. The van der Waals surface area contributed by atoms with Gasteiger partial charge in [-0.1, -0.05) is 35.2 Å². The molecule has 5 nitrogen and oxygen atoms in total. The van der Waals surface area contributed by atoms with E-state index in [-0.39, 0.29) is 5.91 Å². The average molecular weight is 354 g/mol. The number of benzene rings is 1. The lowest BCUT2D eigenvalue weighted by molar-refractivity contribution is 0.102. The predicted molar refractivity (Wildman–Crippen MR) is 99.3 cm³/mol. The summed E-state index contributed by atoms with van der Waals surface area (Å²) in [6, 6.07) is 11.8. The molecule has 1 N–H and O–H groups in total. The van der Waals surface area contributed by atoms with E-state index in [0.717, 1.165) is 20.9 Å². The standard InChI is InChI=1S/C17H14N4OS2/c1-10-6-7-11-13(9-10)24-16(18-11)20-15(22)14-12-5-3-4-8-21(12)17(19-14)23-2/h3-9H,1-2H3,(H,18,20,22). The number of nitrogens with zero attached hydrogens (tertiary/aromatic N) is 3. The SMILES string of the molecule is CSc1nc(C(=O)Nc2nc3ccc(C)cc3s2)c2ccccn12. The van der Waals surface area contributed by atoms with Gasteiger partial charge >= 0.3 is 0 Å². The summed E-state index contributed by atoms with van der Waals surface area (Å²) in [6.45, 7) is 2.04. The van der Waals surface area contributed by atoms with Crippen molar-refractivity contribution in [3.63, 3.8) is 0 Å². The van der Waals surface area contributed by atoms with Crippen molar-refractivity contribution < 1.29 is 4.79 Å². The molecule has 0 aliphatic rings. The Bertz CT molecular complexity index is 1070. The second-order valence-corrected chi connectivity index (χ2v) is 7.15. The van der Waals surface area contributed by atoms with E-state index < -0.39 is 0 Å². The second kappa shape index (κ2) is 5.92. The van der Waals surface area contributed by atoms with Crippen LogP contribution in [0.1, 0.15) is 16.1 Å². The highest BCUT2D eigenvalue weighted by atomic mass is 32.2. The number of fused-ring (bicyclic) bond motifs is 2. The molecule has 0 spiro atoms. The van der Waals surface area contributed by atoms with E-state index in [1.54, 1.807) is 0 Å². The average Bonchev–Trinajstić information content (AvgIpc) is 3.14. The highest BCUT2D eigenvalue weighted by molar-refractivity contribution is 7.98. The lowest BCUT2D eigenvalue weighted by Gasteiger charge is -1.99. The Kier molecular flexibility index (Phi) is 3.74. The third-order valence-corrected chi connectivity index (χ3v) is 5.26. The number of aromatic nitrogens is 3. The number of hydrogen-bond donors (Lipinski definition) is 1. The van der Waals surface area contributed by atoms with E-state index in [9.17, 15) is 4.79 Å². The van der Waals surface area contributed by atoms with Gasteiger partial charge < -0.3 is 0 Å². The van der Waals surface area contributed by atoms with Gasteiger partial charge in [0.05, 0.1) is 15.7 Å². The maximum Gasteiger partial charge on any atom is 0.278 e. The van der Waals surface area contributed by atoms with Crippen LogP contribution < -0.4 is 5.32 Å². The number of carbonyl (C=O) groups is 1. The van der Waals surface area contributed by atoms with E-state index >= 15 is 0 Å². The molecule has 0 saturated carbocycles. The maximum absolute atomic E-state index is 12.7. The van der Waals surface area contributed by atoms with Crippen molar-refractivity contribution in [2.24, 2.45) is 0 Å². The van der Waals surface area contributed by atoms with Gasteiger partial charge in [-0.3, -0.25) is 14.5 Å². The van der Waals surface area contributed by atoms with Crippen molar-refractivity contribution in [3.8, 4) is 0 Å². The molecule has 4 aromatic rings. The monoisotopic (exact) mass is 354 g/mol. The summed E-state index contributed by atoms with van der Waals surface area (Å²) in [4.78, 5) is 21.6. The molecular weight excluding hydrogens is 340 g/mol. The molecule has 0 atom stereocenters. The Morgan fingerprint density at radius 3 is 2.96 bits per heavy atom. The van der Waals surface area contributed by atoms with Crippen molar-refractivity contribution in [1.29, 1.82) is 0 Å². The van der Waals surface area contributed by atoms with E-state index in [1.165, 1.54) is 28.7 Å². The molecule has 0 fully saturated rings. The normalized spacial score (nSPS) is 11.2. The van der Waals surface area contributed by atoms with Crippen molar-refractivity contribution in [2.45, 2.75) is 12.1 Å². The Morgan fingerprint density at radius 1 is 1.25 bits per heavy atom. The number of thioether (sulfide) groups is 1. The van der Waals surface area contributed by atoms with Crippen molar-refractivity contribution in [2.75, 3.05) is 11.6 Å². The van der Waals surface area contributed by atoms with Crippen LogP contribution in [-0.4, -0.2) is 26.5 Å². The summed E-state index contributed by atoms with van der Waals surface area (Å²) in [5.41, 5.74) is 3.26. The summed E-state index contributed by atoms with van der Waals surface area (Å²) < 4.78 is 2.98. The van der Waals surface area contributed by atoms with E-state index in [1.807, 2.05) is 54.1 Å². The maximum atomic E-state index is 12.7. The highest BCUT2D eigenvalue weighted by Crippen LogP contribution is 2.27. The fraction of sp³-hybridized carbons (Fsp3) is 0.118. The molecule has 0 saturated heterocycles. The largest absolute Gasteiger partial charge is 0.296 e. The molecule has 3 heterocycles. The van der Waals surface area contributed by atoms with Crippen molar-refractivity contribution in [1.82, 2.24) is 14.4 Å². The molecule has 120 valence electrons. The van der Waals surface area contributed by atoms with Crippen LogP contribution in [0, 0.1) is 6.92 Å². The Labute approximate surface area is 146 Å². The smallest absolute Gasteiger partial charge is 0.278 e. The zero-order chi connectivity index (χ0) is 16.7. The fourth-order valence-corrected chi connectivity index (χ4v) is 4.06. The number of nitrogens with one attached hydrogen (secondary N) is 1. The van der Waals surface area contributed by atoms with Crippen LogP contribution in [0.25, 0.3) is 15.7 Å². The van der Waals surface area contributed by atoms with Gasteiger partial charge in [0.1, 0.15) is 0 Å². The molecule has 3 aromatic heterocycles. The summed E-state index contributed by atoms with van der Waals surface area (Å²) >= 11 is 2.98. The summed E-state index contributed by atoms with van der Waals surface area (Å²) in [5, 5.41) is 4.25. The van der Waals surface area contributed by atoms with Gasteiger partial charge in [0, 0.05) is 6.20 Å². The molecule has 7 heteroatoms. The lowest BCUT2D eigenvalue weighted by atomic mass is 10.2. The number of pyridine rings is 1. The van der Waals surface area contributed by atoms with E-state index in [0.29, 0.717) is 10.8 Å². The summed E-state index contributed by atoms with van der Waals surface area (Å²) in [5.74, 6) is -0.241. The number of anilines is 1. The third-order valence-electron chi connectivity index (χ3n) is 3.68. The first-order chi connectivity index (χ1) is 11.7. The van der Waals surface area contributed by atoms with Crippen molar-refractivity contribution in [3.05, 3.63) is 53.9 Å². The van der Waals surface area contributed by atoms with Crippen LogP contribution in [0.15, 0.2) is 47.8 Å². The molecule has 24 heavy (non-hydrogen) atoms. The number of rotatable bonds is 3. The minimum Gasteiger partial charge on any atom is -0.296 e. The number of thiazole rings is 1. The first kappa shape index (κ1) is 15.2. The highest BCUT2D eigenvalue weighted by Gasteiger charge is 2.18. The molecule has 1 aromatic carbocycles.